The second-order valence-electron chi connectivity index (χ2n) is 6.53. The van der Waals surface area contributed by atoms with Crippen molar-refractivity contribution in [2.75, 3.05) is 0 Å². The summed E-state index contributed by atoms with van der Waals surface area (Å²) in [5, 5.41) is 0. The van der Waals surface area contributed by atoms with Gasteiger partial charge in [-0.05, 0) is 72.0 Å². The molecule has 10 radical (unpaired) electrons. The molecule has 0 atom stereocenters. The Hall–Kier alpha value is 1.29. The fourth-order valence-corrected chi connectivity index (χ4v) is 3.59. The van der Waals surface area contributed by atoms with Crippen LogP contribution in [0.1, 0.15) is 68.2 Å². The predicted octanol–water partition coefficient (Wildman–Crippen LogP) is 7.07. The van der Waals surface area contributed by atoms with Crippen molar-refractivity contribution in [3.63, 3.8) is 0 Å². The number of hydrogen-bond acceptors (Lipinski definition) is 0. The van der Waals surface area contributed by atoms with E-state index in [-0.39, 0.29) is 0 Å². The van der Waals surface area contributed by atoms with Crippen LogP contribution in [0.3, 0.4) is 0 Å². The van der Waals surface area contributed by atoms with Crippen molar-refractivity contribution in [3.8, 4) is 0 Å². The summed E-state index contributed by atoms with van der Waals surface area (Å²) in [6.45, 7) is 18.2. The molecule has 0 aromatic carbocycles. The van der Waals surface area contributed by atoms with Crippen molar-refractivity contribution < 1.29 is 17.0 Å². The van der Waals surface area contributed by atoms with Crippen LogP contribution in [0.15, 0.2) is 0 Å². The molecule has 0 aliphatic heterocycles. The van der Waals surface area contributed by atoms with Gasteiger partial charge in [-0.25, -0.2) is 0 Å². The number of hydrogen-bond donors (Lipinski definition) is 0. The first-order valence-electron chi connectivity index (χ1n) is 8.09. The molecule has 0 amide bonds. The molecule has 0 aromatic rings. The Labute approximate surface area is 162 Å². The van der Waals surface area contributed by atoms with Gasteiger partial charge in [0.25, 0.3) is 0 Å². The number of rotatable bonds is 3. The van der Waals surface area contributed by atoms with E-state index in [1.165, 1.54) is 60.2 Å². The standard InChI is InChI=1S/C20H28.2ClH.Ti/c1-11-12(2)16(6)19(15(11)5)9-10-20-17(7)13(3)14(4)18(20)8;;;/h9-10H2,1-8H3;2*1H;/q;;;+2/p-2. The molecule has 2 rings (SSSR count). The minimum absolute atomic E-state index is 0.556. The first-order valence-corrected chi connectivity index (χ1v) is 12.4. The maximum absolute atomic E-state index is 4.89. The van der Waals surface area contributed by atoms with Crippen LogP contribution in [-0.2, 0) is 17.0 Å². The molecule has 0 spiro atoms. The van der Waals surface area contributed by atoms with E-state index in [2.05, 4.69) is 55.4 Å². The molecule has 0 aromatic heterocycles. The average molecular weight is 387 g/mol. The summed E-state index contributed by atoms with van der Waals surface area (Å²) < 4.78 is 0. The van der Waals surface area contributed by atoms with E-state index in [4.69, 9.17) is 18.6 Å². The monoisotopic (exact) mass is 386 g/mol. The van der Waals surface area contributed by atoms with Gasteiger partial charge in [0, 0.05) is 0 Å². The summed E-state index contributed by atoms with van der Waals surface area (Å²) in [5.41, 5.74) is 0. The molecule has 23 heavy (non-hydrogen) atoms. The van der Waals surface area contributed by atoms with Crippen molar-refractivity contribution in [3.05, 3.63) is 59.2 Å². The third-order valence-corrected chi connectivity index (χ3v) is 5.81. The molecule has 2 aliphatic rings. The second kappa shape index (κ2) is 9.84. The zero-order valence-electron chi connectivity index (χ0n) is 15.7. The maximum atomic E-state index is 4.89. The normalized spacial score (nSPS) is 26.2. The van der Waals surface area contributed by atoms with Gasteiger partial charge in [-0.2, -0.15) is 0 Å². The van der Waals surface area contributed by atoms with Crippen molar-refractivity contribution >= 4 is 18.6 Å². The molecule has 0 unspecified atom stereocenters. The van der Waals surface area contributed by atoms with Crippen molar-refractivity contribution in [1.29, 1.82) is 0 Å². The Morgan fingerprint density at radius 3 is 0.826 bits per heavy atom. The molecule has 3 heteroatoms. The third kappa shape index (κ3) is 4.93. The van der Waals surface area contributed by atoms with E-state index in [1.54, 1.807) is 11.8 Å². The molecule has 2 aliphatic carbocycles. The van der Waals surface area contributed by atoms with Gasteiger partial charge in [-0.1, -0.05) is 55.4 Å². The van der Waals surface area contributed by atoms with E-state index in [1.807, 2.05) is 0 Å². The summed E-state index contributed by atoms with van der Waals surface area (Å²) in [5.74, 6) is 15.1. The molecular weight excluding hydrogens is 359 g/mol. The average Bonchev–Trinajstić information content (AvgIpc) is 2.81. The zero-order chi connectivity index (χ0) is 17.9. The van der Waals surface area contributed by atoms with Gasteiger partial charge < -0.3 is 0 Å². The van der Waals surface area contributed by atoms with Crippen LogP contribution in [0.2, 0.25) is 0 Å². The first kappa shape index (κ1) is 22.3. The second-order valence-corrected chi connectivity index (χ2v) is 9.11. The fraction of sp³-hybridized carbons (Fsp3) is 0.500. The SMILES string of the molecule is C[C]1[C](C)[C](C)[C](CC[C]2[C](C)[C](C)[C](C)[C]2C)[C]1C.[Cl][Ti][Cl]. The summed E-state index contributed by atoms with van der Waals surface area (Å²) in [6, 6.07) is 0. The third-order valence-electron chi connectivity index (χ3n) is 5.81. The first-order chi connectivity index (χ1) is 10.7. The van der Waals surface area contributed by atoms with Crippen molar-refractivity contribution in [1.82, 2.24) is 0 Å². The van der Waals surface area contributed by atoms with Gasteiger partial charge >= 0.3 is 35.6 Å². The molecule has 0 heterocycles. The molecule has 0 nitrogen and oxygen atoms in total. The van der Waals surface area contributed by atoms with Crippen molar-refractivity contribution in [2.24, 2.45) is 0 Å². The zero-order valence-corrected chi connectivity index (χ0v) is 18.7. The van der Waals surface area contributed by atoms with E-state index in [9.17, 15) is 0 Å². The van der Waals surface area contributed by atoms with Gasteiger partial charge in [-0.3, -0.25) is 0 Å². The summed E-state index contributed by atoms with van der Waals surface area (Å²) in [6.07, 6.45) is 2.35. The van der Waals surface area contributed by atoms with Crippen LogP contribution >= 0.6 is 18.6 Å². The van der Waals surface area contributed by atoms with Crippen LogP contribution in [0, 0.1) is 59.2 Å². The van der Waals surface area contributed by atoms with Crippen LogP contribution in [0.4, 0.5) is 0 Å². The minimum atomic E-state index is -0.556. The molecular formula is C20H28Cl2Ti. The Bertz CT molecular complexity index is 289. The summed E-state index contributed by atoms with van der Waals surface area (Å²) in [7, 11) is 9.78. The number of halogens is 2. The van der Waals surface area contributed by atoms with E-state index < -0.39 is 17.0 Å². The topological polar surface area (TPSA) is 0 Å². The summed E-state index contributed by atoms with van der Waals surface area (Å²) >= 11 is -0.556. The predicted molar refractivity (Wildman–Crippen MR) is 98.8 cm³/mol. The van der Waals surface area contributed by atoms with Crippen LogP contribution in [-0.4, -0.2) is 0 Å². The van der Waals surface area contributed by atoms with Crippen LogP contribution in [0.25, 0.3) is 0 Å². The summed E-state index contributed by atoms with van der Waals surface area (Å²) in [4.78, 5) is 0. The molecule has 2 saturated carbocycles. The molecule has 2 fully saturated rings. The van der Waals surface area contributed by atoms with Gasteiger partial charge in [0.05, 0.1) is 0 Å². The Morgan fingerprint density at radius 1 is 0.478 bits per heavy atom. The Morgan fingerprint density at radius 2 is 0.652 bits per heavy atom. The Kier molecular flexibility index (Phi) is 9.56. The molecule has 0 N–H and O–H groups in total. The van der Waals surface area contributed by atoms with Gasteiger partial charge in [0.15, 0.2) is 0 Å². The van der Waals surface area contributed by atoms with Crippen LogP contribution in [0.5, 0.6) is 0 Å². The molecule has 0 saturated heterocycles. The quantitative estimate of drug-likeness (QED) is 0.454. The van der Waals surface area contributed by atoms with E-state index in [0.29, 0.717) is 0 Å². The fourth-order valence-electron chi connectivity index (χ4n) is 3.59. The van der Waals surface area contributed by atoms with Crippen LogP contribution < -0.4 is 0 Å². The Balaban J connectivity index is 0.000000816. The van der Waals surface area contributed by atoms with E-state index >= 15 is 0 Å². The molecule has 126 valence electrons. The van der Waals surface area contributed by atoms with Crippen molar-refractivity contribution in [2.45, 2.75) is 68.2 Å². The van der Waals surface area contributed by atoms with E-state index in [0.717, 1.165) is 0 Å². The van der Waals surface area contributed by atoms with Gasteiger partial charge in [0.1, 0.15) is 0 Å². The van der Waals surface area contributed by atoms with Gasteiger partial charge in [-0.15, -0.1) is 0 Å². The molecule has 0 bridgehead atoms. The van der Waals surface area contributed by atoms with Gasteiger partial charge in [0.2, 0.25) is 0 Å².